The number of methoxy groups -OCH3 is 1. The Morgan fingerprint density at radius 3 is 2.50 bits per heavy atom. The normalized spacial score (nSPS) is 10.9. The van der Waals surface area contributed by atoms with Crippen LogP contribution in [0.2, 0.25) is 0 Å². The Morgan fingerprint density at radius 2 is 1.78 bits per heavy atom. The molecule has 0 aliphatic carbocycles. The lowest BCUT2D eigenvalue weighted by atomic mass is 10.1. The maximum absolute atomic E-state index is 12.8. The van der Waals surface area contributed by atoms with Gasteiger partial charge in [0.05, 0.1) is 13.7 Å². The van der Waals surface area contributed by atoms with Gasteiger partial charge in [-0.15, -0.1) is 10.2 Å². The number of thioether (sulfide) groups is 1. The highest BCUT2D eigenvalue weighted by molar-refractivity contribution is 7.98. The number of carbonyl (C=O) groups excluding carboxylic acids is 1. The van der Waals surface area contributed by atoms with Gasteiger partial charge in [0.2, 0.25) is 0 Å². The summed E-state index contributed by atoms with van der Waals surface area (Å²) in [4.78, 5) is 12.8. The molecular formula is C29H32N4O2S. The number of aryl methyl sites for hydroxylation is 2. The van der Waals surface area contributed by atoms with Crippen LogP contribution in [0.3, 0.4) is 0 Å². The van der Waals surface area contributed by atoms with E-state index in [0.717, 1.165) is 47.2 Å². The second-order valence-electron chi connectivity index (χ2n) is 8.69. The van der Waals surface area contributed by atoms with Crippen molar-refractivity contribution >= 4 is 17.7 Å². The minimum absolute atomic E-state index is 0.124. The molecule has 1 amide bonds. The van der Waals surface area contributed by atoms with E-state index in [1.807, 2.05) is 47.0 Å². The Labute approximate surface area is 217 Å². The molecule has 1 aromatic heterocycles. The van der Waals surface area contributed by atoms with Crippen LogP contribution in [0.15, 0.2) is 78.0 Å². The van der Waals surface area contributed by atoms with Gasteiger partial charge in [-0.3, -0.25) is 9.36 Å². The predicted molar refractivity (Wildman–Crippen MR) is 145 cm³/mol. The van der Waals surface area contributed by atoms with Crippen LogP contribution in [-0.2, 0) is 18.7 Å². The Hall–Kier alpha value is -3.58. The molecule has 0 saturated heterocycles. The van der Waals surface area contributed by atoms with Gasteiger partial charge in [0.15, 0.2) is 11.0 Å². The SMILES string of the molecule is CCCCc1ccc(C(=O)NCc2nnc(SCc3cccc(OC)c3)n2-c2ccc(C)cc2)cc1. The van der Waals surface area contributed by atoms with Gasteiger partial charge in [-0.2, -0.15) is 0 Å². The first-order valence-electron chi connectivity index (χ1n) is 12.2. The molecule has 0 aliphatic rings. The molecule has 36 heavy (non-hydrogen) atoms. The van der Waals surface area contributed by atoms with Crippen LogP contribution in [-0.4, -0.2) is 27.8 Å². The summed E-state index contributed by atoms with van der Waals surface area (Å²) in [5.74, 6) is 2.11. The zero-order chi connectivity index (χ0) is 25.3. The van der Waals surface area contributed by atoms with Gasteiger partial charge in [0.1, 0.15) is 5.75 Å². The largest absolute Gasteiger partial charge is 0.497 e. The van der Waals surface area contributed by atoms with Crippen LogP contribution in [0, 0.1) is 6.92 Å². The second kappa shape index (κ2) is 12.4. The van der Waals surface area contributed by atoms with Crippen LogP contribution in [0.1, 0.15) is 52.6 Å². The highest BCUT2D eigenvalue weighted by Gasteiger charge is 2.16. The van der Waals surface area contributed by atoms with Crippen molar-refractivity contribution < 1.29 is 9.53 Å². The summed E-state index contributed by atoms with van der Waals surface area (Å²) in [5.41, 5.74) is 5.17. The lowest BCUT2D eigenvalue weighted by molar-refractivity contribution is 0.0949. The fourth-order valence-corrected chi connectivity index (χ4v) is 4.75. The molecule has 0 saturated carbocycles. The van der Waals surface area contributed by atoms with Crippen molar-refractivity contribution in [1.82, 2.24) is 20.1 Å². The topological polar surface area (TPSA) is 69.0 Å². The number of rotatable bonds is 11. The number of amides is 1. The quantitative estimate of drug-likeness (QED) is 0.250. The zero-order valence-corrected chi connectivity index (χ0v) is 21.8. The van der Waals surface area contributed by atoms with E-state index in [1.165, 1.54) is 11.1 Å². The molecule has 0 radical (unpaired) electrons. The van der Waals surface area contributed by atoms with E-state index >= 15 is 0 Å². The van der Waals surface area contributed by atoms with Crippen molar-refractivity contribution in [2.75, 3.05) is 7.11 Å². The van der Waals surface area contributed by atoms with Crippen LogP contribution in [0.4, 0.5) is 0 Å². The van der Waals surface area contributed by atoms with Crippen LogP contribution in [0.5, 0.6) is 5.75 Å². The maximum atomic E-state index is 12.8. The molecule has 6 nitrogen and oxygen atoms in total. The first kappa shape index (κ1) is 25.5. The Morgan fingerprint density at radius 1 is 1.00 bits per heavy atom. The molecule has 1 heterocycles. The molecule has 0 fully saturated rings. The highest BCUT2D eigenvalue weighted by Crippen LogP contribution is 2.27. The predicted octanol–water partition coefficient (Wildman–Crippen LogP) is 6.15. The van der Waals surface area contributed by atoms with Gasteiger partial charge < -0.3 is 10.1 Å². The summed E-state index contributed by atoms with van der Waals surface area (Å²) in [6.07, 6.45) is 3.34. The van der Waals surface area contributed by atoms with E-state index < -0.39 is 0 Å². The third kappa shape index (κ3) is 6.55. The van der Waals surface area contributed by atoms with Gasteiger partial charge in [0.25, 0.3) is 5.91 Å². The van der Waals surface area contributed by atoms with Gasteiger partial charge in [0, 0.05) is 17.0 Å². The number of unbranched alkanes of at least 4 members (excludes halogenated alkanes) is 1. The maximum Gasteiger partial charge on any atom is 0.251 e. The van der Waals surface area contributed by atoms with Crippen molar-refractivity contribution in [3.05, 3.63) is 101 Å². The molecule has 0 spiro atoms. The average Bonchev–Trinajstić information content (AvgIpc) is 3.33. The van der Waals surface area contributed by atoms with E-state index in [1.54, 1.807) is 18.9 Å². The Kier molecular flexibility index (Phi) is 8.79. The molecule has 0 aliphatic heterocycles. The number of hydrogen-bond acceptors (Lipinski definition) is 5. The smallest absolute Gasteiger partial charge is 0.251 e. The van der Waals surface area contributed by atoms with E-state index in [4.69, 9.17) is 4.74 Å². The van der Waals surface area contributed by atoms with Crippen molar-refractivity contribution in [3.63, 3.8) is 0 Å². The second-order valence-corrected chi connectivity index (χ2v) is 9.64. The molecule has 0 atom stereocenters. The van der Waals surface area contributed by atoms with Gasteiger partial charge in [-0.1, -0.05) is 67.1 Å². The summed E-state index contributed by atoms with van der Waals surface area (Å²) in [5, 5.41) is 12.7. The van der Waals surface area contributed by atoms with Gasteiger partial charge in [-0.05, 0) is 67.3 Å². The van der Waals surface area contributed by atoms with Crippen LogP contribution < -0.4 is 10.1 Å². The standard InChI is InChI=1S/C29H32N4O2S/c1-4-5-7-22-12-14-24(15-13-22)28(34)30-19-27-31-32-29(33(27)25-16-10-21(2)11-17-25)36-20-23-8-6-9-26(18-23)35-3/h6,8-18H,4-5,7,19-20H2,1-3H3,(H,30,34). The fraction of sp³-hybridized carbons (Fsp3) is 0.276. The Balaban J connectivity index is 1.50. The molecule has 1 N–H and O–H groups in total. The number of ether oxygens (including phenoxy) is 1. The molecule has 0 unspecified atom stereocenters. The number of hydrogen-bond donors (Lipinski definition) is 1. The summed E-state index contributed by atoms with van der Waals surface area (Å²) < 4.78 is 7.36. The van der Waals surface area contributed by atoms with E-state index in [0.29, 0.717) is 11.4 Å². The van der Waals surface area contributed by atoms with Crippen molar-refractivity contribution in [2.24, 2.45) is 0 Å². The first-order valence-corrected chi connectivity index (χ1v) is 13.2. The molecule has 7 heteroatoms. The molecular weight excluding hydrogens is 468 g/mol. The number of nitrogens with one attached hydrogen (secondary N) is 1. The molecule has 3 aromatic carbocycles. The average molecular weight is 501 g/mol. The number of carbonyl (C=O) groups is 1. The molecule has 0 bridgehead atoms. The van der Waals surface area contributed by atoms with Crippen LogP contribution in [0.25, 0.3) is 5.69 Å². The molecule has 4 rings (SSSR count). The third-order valence-corrected chi connectivity index (χ3v) is 6.94. The summed E-state index contributed by atoms with van der Waals surface area (Å²) >= 11 is 1.60. The summed E-state index contributed by atoms with van der Waals surface area (Å²) in [6, 6.07) is 24.1. The lowest BCUT2D eigenvalue weighted by Gasteiger charge is -2.12. The van der Waals surface area contributed by atoms with Crippen molar-refractivity contribution in [1.29, 1.82) is 0 Å². The zero-order valence-electron chi connectivity index (χ0n) is 21.0. The van der Waals surface area contributed by atoms with Gasteiger partial charge in [-0.25, -0.2) is 0 Å². The van der Waals surface area contributed by atoms with Gasteiger partial charge >= 0.3 is 0 Å². The lowest BCUT2D eigenvalue weighted by Crippen LogP contribution is -2.24. The Bertz CT molecular complexity index is 1280. The fourth-order valence-electron chi connectivity index (χ4n) is 3.84. The summed E-state index contributed by atoms with van der Waals surface area (Å²) in [6.45, 7) is 4.51. The summed E-state index contributed by atoms with van der Waals surface area (Å²) in [7, 11) is 1.67. The number of nitrogens with zero attached hydrogens (tertiary/aromatic N) is 3. The minimum atomic E-state index is -0.124. The van der Waals surface area contributed by atoms with Crippen molar-refractivity contribution in [2.45, 2.75) is 50.6 Å². The van der Waals surface area contributed by atoms with E-state index in [-0.39, 0.29) is 12.5 Å². The van der Waals surface area contributed by atoms with E-state index in [2.05, 4.69) is 59.7 Å². The molecule has 186 valence electrons. The first-order chi connectivity index (χ1) is 17.6. The highest BCUT2D eigenvalue weighted by atomic mass is 32.2. The minimum Gasteiger partial charge on any atom is -0.497 e. The number of benzene rings is 3. The van der Waals surface area contributed by atoms with Crippen molar-refractivity contribution in [3.8, 4) is 11.4 Å². The third-order valence-electron chi connectivity index (χ3n) is 5.94. The van der Waals surface area contributed by atoms with Crippen LogP contribution >= 0.6 is 11.8 Å². The van der Waals surface area contributed by atoms with E-state index in [9.17, 15) is 4.79 Å². The number of aromatic nitrogens is 3. The monoisotopic (exact) mass is 500 g/mol. The molecule has 4 aromatic rings.